The van der Waals surface area contributed by atoms with E-state index in [9.17, 15) is 0 Å². The van der Waals surface area contributed by atoms with Crippen LogP contribution in [0.2, 0.25) is 0 Å². The molecule has 0 bridgehead atoms. The largest absolute Gasteiger partial charge is 0.339 e. The van der Waals surface area contributed by atoms with Crippen molar-refractivity contribution in [2.75, 3.05) is 18.0 Å². The molecule has 1 fully saturated rings. The average molecular weight is 283 g/mol. The van der Waals surface area contributed by atoms with Gasteiger partial charge < -0.3 is 10.6 Å². The van der Waals surface area contributed by atoms with E-state index in [1.165, 1.54) is 0 Å². The molecule has 1 aliphatic rings. The number of anilines is 1. The average Bonchev–Trinajstić information content (AvgIpc) is 3.14. The first-order chi connectivity index (χ1) is 10.3. The van der Waals surface area contributed by atoms with E-state index in [-0.39, 0.29) is 0 Å². The normalized spacial score (nSPS) is 16.7. The number of nitrogens with zero attached hydrogens (tertiary/aromatic N) is 5. The monoisotopic (exact) mass is 283 g/mol. The van der Waals surface area contributed by atoms with Gasteiger partial charge in [0.1, 0.15) is 0 Å². The second-order valence-electron chi connectivity index (χ2n) is 5.40. The summed E-state index contributed by atoms with van der Waals surface area (Å²) < 4.78 is 1.83. The van der Waals surface area contributed by atoms with Crippen molar-refractivity contribution in [3.8, 4) is 11.4 Å². The van der Waals surface area contributed by atoms with Crippen LogP contribution in [-0.2, 0) is 0 Å². The van der Waals surface area contributed by atoms with E-state index in [1.807, 2.05) is 35.1 Å². The molecule has 7 nitrogen and oxygen atoms in total. The highest BCUT2D eigenvalue weighted by molar-refractivity contribution is 5.75. The minimum atomic E-state index is 0.305. The summed E-state index contributed by atoms with van der Waals surface area (Å²) in [6.07, 6.45) is 5.70. The number of pyridine rings is 1. The van der Waals surface area contributed by atoms with Gasteiger partial charge in [-0.15, -0.1) is 5.10 Å². The number of aromatic amines is 1. The molecule has 3 aromatic rings. The molecular formula is C14H17N7. The van der Waals surface area contributed by atoms with Gasteiger partial charge in [0.15, 0.2) is 5.82 Å². The molecule has 108 valence electrons. The van der Waals surface area contributed by atoms with E-state index < -0.39 is 0 Å². The number of H-pyrrole nitrogens is 1. The zero-order valence-corrected chi connectivity index (χ0v) is 11.6. The third-order valence-electron chi connectivity index (χ3n) is 3.98. The minimum absolute atomic E-state index is 0.305. The maximum absolute atomic E-state index is 5.93. The van der Waals surface area contributed by atoms with Crippen molar-refractivity contribution in [3.05, 3.63) is 30.6 Å². The third-order valence-corrected chi connectivity index (χ3v) is 3.98. The second-order valence-corrected chi connectivity index (χ2v) is 5.40. The molecule has 0 amide bonds. The number of hydrogen-bond donors (Lipinski definition) is 2. The zero-order chi connectivity index (χ0) is 14.2. The maximum atomic E-state index is 5.93. The number of nitrogens with one attached hydrogen (secondary N) is 1. The molecule has 4 rings (SSSR count). The Morgan fingerprint density at radius 2 is 2.10 bits per heavy atom. The zero-order valence-electron chi connectivity index (χ0n) is 11.6. The Bertz CT molecular complexity index is 751. The fourth-order valence-corrected chi connectivity index (χ4v) is 2.73. The highest BCUT2D eigenvalue weighted by atomic mass is 15.4. The van der Waals surface area contributed by atoms with Gasteiger partial charge in [0.05, 0.1) is 17.3 Å². The Kier molecular flexibility index (Phi) is 2.85. The predicted molar refractivity (Wildman–Crippen MR) is 80.0 cm³/mol. The van der Waals surface area contributed by atoms with Crippen LogP contribution in [0.25, 0.3) is 16.9 Å². The first kappa shape index (κ1) is 12.3. The first-order valence-corrected chi connectivity index (χ1v) is 7.17. The van der Waals surface area contributed by atoms with Crippen molar-refractivity contribution < 1.29 is 0 Å². The smallest absolute Gasteiger partial charge is 0.245 e. The molecule has 0 saturated carbocycles. The number of piperidine rings is 1. The third kappa shape index (κ3) is 2.15. The van der Waals surface area contributed by atoms with Gasteiger partial charge in [-0.2, -0.15) is 10.1 Å². The highest BCUT2D eigenvalue weighted by Crippen LogP contribution is 2.23. The maximum Gasteiger partial charge on any atom is 0.245 e. The lowest BCUT2D eigenvalue weighted by Crippen LogP contribution is -2.40. The Hall–Kier alpha value is -2.41. The number of hydrogen-bond acceptors (Lipinski definition) is 5. The van der Waals surface area contributed by atoms with Crippen LogP contribution in [0.3, 0.4) is 0 Å². The topological polar surface area (TPSA) is 88.1 Å². The van der Waals surface area contributed by atoms with Gasteiger partial charge in [-0.05, 0) is 25.0 Å². The fourth-order valence-electron chi connectivity index (χ4n) is 2.73. The van der Waals surface area contributed by atoms with Crippen molar-refractivity contribution in [1.82, 2.24) is 24.8 Å². The van der Waals surface area contributed by atoms with E-state index in [2.05, 4.69) is 25.2 Å². The SMILES string of the molecule is NC1CCN(c2n[nH]c(-c3cnn4ccccc34)n2)CC1. The molecule has 21 heavy (non-hydrogen) atoms. The molecule has 1 aliphatic heterocycles. The molecule has 0 radical (unpaired) electrons. The molecule has 7 heteroatoms. The Morgan fingerprint density at radius 3 is 2.95 bits per heavy atom. The van der Waals surface area contributed by atoms with Gasteiger partial charge in [-0.3, -0.25) is 5.10 Å². The Balaban J connectivity index is 1.65. The lowest BCUT2D eigenvalue weighted by molar-refractivity contribution is 0.496. The van der Waals surface area contributed by atoms with Crippen LogP contribution < -0.4 is 10.6 Å². The van der Waals surface area contributed by atoms with E-state index in [0.717, 1.165) is 48.8 Å². The summed E-state index contributed by atoms with van der Waals surface area (Å²) in [4.78, 5) is 6.79. The first-order valence-electron chi connectivity index (χ1n) is 7.17. The van der Waals surface area contributed by atoms with Crippen LogP contribution in [0.5, 0.6) is 0 Å². The summed E-state index contributed by atoms with van der Waals surface area (Å²) in [5, 5.41) is 11.7. The van der Waals surface area contributed by atoms with Crippen LogP contribution in [-0.4, -0.2) is 43.9 Å². The standard InChI is InChI=1S/C14H17N7/c15-10-4-7-20(8-5-10)14-17-13(18-19-14)11-9-16-21-6-2-1-3-12(11)21/h1-3,6,9-10H,4-5,7-8,15H2,(H,17,18,19). The quantitative estimate of drug-likeness (QED) is 0.734. The van der Waals surface area contributed by atoms with Gasteiger partial charge in [-0.25, -0.2) is 4.52 Å². The summed E-state index contributed by atoms with van der Waals surface area (Å²) in [5.41, 5.74) is 7.91. The van der Waals surface area contributed by atoms with Crippen LogP contribution in [0.15, 0.2) is 30.6 Å². The van der Waals surface area contributed by atoms with Crippen LogP contribution in [0.4, 0.5) is 5.95 Å². The van der Waals surface area contributed by atoms with Gasteiger partial charge in [-0.1, -0.05) is 6.07 Å². The molecule has 0 aliphatic carbocycles. The van der Waals surface area contributed by atoms with Gasteiger partial charge in [0.2, 0.25) is 5.95 Å². The van der Waals surface area contributed by atoms with Gasteiger partial charge in [0.25, 0.3) is 0 Å². The summed E-state index contributed by atoms with van der Waals surface area (Å²) in [6, 6.07) is 6.26. The van der Waals surface area contributed by atoms with E-state index in [1.54, 1.807) is 0 Å². The lowest BCUT2D eigenvalue weighted by Gasteiger charge is -2.28. The fraction of sp³-hybridized carbons (Fsp3) is 0.357. The van der Waals surface area contributed by atoms with Crippen molar-refractivity contribution in [2.24, 2.45) is 5.73 Å². The Morgan fingerprint density at radius 1 is 1.24 bits per heavy atom. The molecular weight excluding hydrogens is 266 g/mol. The predicted octanol–water partition coefficient (Wildman–Crippen LogP) is 1.05. The van der Waals surface area contributed by atoms with Crippen LogP contribution in [0.1, 0.15) is 12.8 Å². The number of rotatable bonds is 2. The van der Waals surface area contributed by atoms with Gasteiger partial charge in [0, 0.05) is 25.3 Å². The van der Waals surface area contributed by atoms with Crippen molar-refractivity contribution in [3.63, 3.8) is 0 Å². The number of aromatic nitrogens is 5. The molecule has 0 aromatic carbocycles. The molecule has 0 atom stereocenters. The van der Waals surface area contributed by atoms with Crippen molar-refractivity contribution in [2.45, 2.75) is 18.9 Å². The molecule has 3 aromatic heterocycles. The summed E-state index contributed by atoms with van der Waals surface area (Å²) in [7, 11) is 0. The lowest BCUT2D eigenvalue weighted by atomic mass is 10.1. The van der Waals surface area contributed by atoms with E-state index in [0.29, 0.717) is 6.04 Å². The van der Waals surface area contributed by atoms with E-state index in [4.69, 9.17) is 5.73 Å². The van der Waals surface area contributed by atoms with E-state index >= 15 is 0 Å². The minimum Gasteiger partial charge on any atom is -0.339 e. The summed E-state index contributed by atoms with van der Waals surface area (Å²) in [6.45, 7) is 1.82. The van der Waals surface area contributed by atoms with Crippen molar-refractivity contribution >= 4 is 11.5 Å². The molecule has 0 spiro atoms. The summed E-state index contributed by atoms with van der Waals surface area (Å²) in [5.74, 6) is 1.49. The van der Waals surface area contributed by atoms with Crippen molar-refractivity contribution in [1.29, 1.82) is 0 Å². The molecule has 4 heterocycles. The highest BCUT2D eigenvalue weighted by Gasteiger charge is 2.20. The molecule has 0 unspecified atom stereocenters. The second kappa shape index (κ2) is 4.85. The van der Waals surface area contributed by atoms with Crippen LogP contribution in [0, 0.1) is 0 Å². The molecule has 3 N–H and O–H groups in total. The van der Waals surface area contributed by atoms with Gasteiger partial charge >= 0.3 is 0 Å². The van der Waals surface area contributed by atoms with Crippen LogP contribution >= 0.6 is 0 Å². The molecule has 1 saturated heterocycles. The number of fused-ring (bicyclic) bond motifs is 1. The Labute approximate surface area is 121 Å². The number of nitrogens with two attached hydrogens (primary N) is 1. The summed E-state index contributed by atoms with van der Waals surface area (Å²) >= 11 is 0.